The molecule has 0 radical (unpaired) electrons. The van der Waals surface area contributed by atoms with Crippen molar-refractivity contribution in [2.24, 2.45) is 0 Å². The van der Waals surface area contributed by atoms with Crippen molar-refractivity contribution in [2.45, 2.75) is 6.18 Å². The number of fused-ring (bicyclic) bond motifs is 1. The number of hydrogen-bond donors (Lipinski definition) is 0. The lowest BCUT2D eigenvalue weighted by atomic mass is 10.2. The first-order valence-corrected chi connectivity index (χ1v) is 6.08. The fourth-order valence-electron chi connectivity index (χ4n) is 2.28. The zero-order chi connectivity index (χ0) is 14.3. The zero-order valence-corrected chi connectivity index (χ0v) is 10.7. The van der Waals surface area contributed by atoms with Gasteiger partial charge in [-0.3, -0.25) is 0 Å². The van der Waals surface area contributed by atoms with Gasteiger partial charge < -0.3 is 9.80 Å². The summed E-state index contributed by atoms with van der Waals surface area (Å²) >= 11 is 0. The minimum atomic E-state index is -4.31. The van der Waals surface area contributed by atoms with Crippen LogP contribution in [0.3, 0.4) is 0 Å². The molecule has 1 aromatic heterocycles. The maximum atomic E-state index is 12.6. The van der Waals surface area contributed by atoms with E-state index in [4.69, 9.17) is 0 Å². The lowest BCUT2D eigenvalue weighted by Crippen LogP contribution is -2.24. The van der Waals surface area contributed by atoms with E-state index in [1.165, 1.54) is 12.1 Å². The standard InChI is InChI=1S/C14H12F3N3/c1-19-9-20(13-12(19)3-2-8-18-13)11-6-4-10(5-7-11)14(15,16)17/h2-8H,9H2,1H3. The molecule has 0 fully saturated rings. The summed E-state index contributed by atoms with van der Waals surface area (Å²) in [5, 5.41) is 0. The Balaban J connectivity index is 1.95. The summed E-state index contributed by atoms with van der Waals surface area (Å²) in [6.45, 7) is 0.567. The van der Waals surface area contributed by atoms with Gasteiger partial charge in [0.2, 0.25) is 0 Å². The Kier molecular flexibility index (Phi) is 2.81. The predicted octanol–water partition coefficient (Wildman–Crippen LogP) is 3.65. The third-order valence-corrected chi connectivity index (χ3v) is 3.29. The van der Waals surface area contributed by atoms with Crippen LogP contribution in [0.4, 0.5) is 30.4 Å². The molecule has 20 heavy (non-hydrogen) atoms. The number of alkyl halides is 3. The van der Waals surface area contributed by atoms with Crippen molar-refractivity contribution in [1.82, 2.24) is 4.98 Å². The van der Waals surface area contributed by atoms with Crippen LogP contribution < -0.4 is 9.80 Å². The van der Waals surface area contributed by atoms with Gasteiger partial charge in [-0.05, 0) is 36.4 Å². The molecule has 3 rings (SSSR count). The quantitative estimate of drug-likeness (QED) is 0.794. The average Bonchev–Trinajstić information content (AvgIpc) is 2.76. The van der Waals surface area contributed by atoms with Crippen molar-refractivity contribution < 1.29 is 13.2 Å². The number of aromatic nitrogens is 1. The van der Waals surface area contributed by atoms with Crippen molar-refractivity contribution >= 4 is 17.2 Å². The maximum Gasteiger partial charge on any atom is 0.416 e. The highest BCUT2D eigenvalue weighted by Gasteiger charge is 2.31. The minimum Gasteiger partial charge on any atom is -0.354 e. The van der Waals surface area contributed by atoms with E-state index >= 15 is 0 Å². The molecule has 104 valence electrons. The van der Waals surface area contributed by atoms with Crippen LogP contribution in [0, 0.1) is 0 Å². The second kappa shape index (κ2) is 4.40. The SMILES string of the molecule is CN1CN(c2ccc(C(F)(F)F)cc2)c2ncccc21. The van der Waals surface area contributed by atoms with Gasteiger partial charge in [0.05, 0.1) is 17.9 Å². The molecule has 3 nitrogen and oxygen atoms in total. The van der Waals surface area contributed by atoms with Crippen LogP contribution in [0.15, 0.2) is 42.6 Å². The van der Waals surface area contributed by atoms with E-state index < -0.39 is 11.7 Å². The van der Waals surface area contributed by atoms with Crippen molar-refractivity contribution in [2.75, 3.05) is 23.5 Å². The first-order chi connectivity index (χ1) is 9.47. The van der Waals surface area contributed by atoms with E-state index in [1.807, 2.05) is 29.0 Å². The van der Waals surface area contributed by atoms with Crippen molar-refractivity contribution in [3.63, 3.8) is 0 Å². The van der Waals surface area contributed by atoms with E-state index in [9.17, 15) is 13.2 Å². The molecule has 1 aromatic carbocycles. The number of pyridine rings is 1. The van der Waals surface area contributed by atoms with Crippen LogP contribution in [-0.2, 0) is 6.18 Å². The van der Waals surface area contributed by atoms with E-state index in [0.29, 0.717) is 12.4 Å². The predicted molar refractivity (Wildman–Crippen MR) is 71.1 cm³/mol. The summed E-state index contributed by atoms with van der Waals surface area (Å²) in [6.07, 6.45) is -2.63. The van der Waals surface area contributed by atoms with Crippen LogP contribution in [0.25, 0.3) is 0 Å². The molecule has 0 spiro atoms. The molecule has 0 N–H and O–H groups in total. The van der Waals surface area contributed by atoms with Crippen LogP contribution in [0.2, 0.25) is 0 Å². The van der Waals surface area contributed by atoms with Gasteiger partial charge in [-0.2, -0.15) is 13.2 Å². The smallest absolute Gasteiger partial charge is 0.354 e. The molecule has 1 aliphatic heterocycles. The second-order valence-electron chi connectivity index (χ2n) is 4.66. The normalized spacial score (nSPS) is 14.6. The number of anilines is 3. The number of hydrogen-bond acceptors (Lipinski definition) is 3. The van der Waals surface area contributed by atoms with Crippen LogP contribution in [0.5, 0.6) is 0 Å². The van der Waals surface area contributed by atoms with E-state index in [-0.39, 0.29) is 0 Å². The van der Waals surface area contributed by atoms with Crippen LogP contribution in [0.1, 0.15) is 5.56 Å². The van der Waals surface area contributed by atoms with Crippen molar-refractivity contribution in [1.29, 1.82) is 0 Å². The Hall–Kier alpha value is -2.24. The van der Waals surface area contributed by atoms with Gasteiger partial charge in [0.25, 0.3) is 0 Å². The molecule has 2 aromatic rings. The number of rotatable bonds is 1. The molecule has 0 saturated heterocycles. The Morgan fingerprint density at radius 3 is 2.45 bits per heavy atom. The number of benzene rings is 1. The summed E-state index contributed by atoms with van der Waals surface area (Å²) in [7, 11) is 1.92. The van der Waals surface area contributed by atoms with E-state index in [2.05, 4.69) is 4.98 Å². The molecule has 0 saturated carbocycles. The van der Waals surface area contributed by atoms with Crippen molar-refractivity contribution in [3.8, 4) is 0 Å². The fourth-order valence-corrected chi connectivity index (χ4v) is 2.28. The topological polar surface area (TPSA) is 19.4 Å². The first kappa shape index (κ1) is 12.8. The molecule has 0 aliphatic carbocycles. The van der Waals surface area contributed by atoms with Gasteiger partial charge in [0.1, 0.15) is 0 Å². The monoisotopic (exact) mass is 279 g/mol. The Labute approximate surface area is 114 Å². The summed E-state index contributed by atoms with van der Waals surface area (Å²) in [5.74, 6) is 0.759. The van der Waals surface area contributed by atoms with E-state index in [1.54, 1.807) is 6.20 Å². The minimum absolute atomic E-state index is 0.567. The first-order valence-electron chi connectivity index (χ1n) is 6.08. The Bertz CT molecular complexity index is 622. The molecule has 0 amide bonds. The number of nitrogens with zero attached hydrogens (tertiary/aromatic N) is 3. The lowest BCUT2D eigenvalue weighted by molar-refractivity contribution is -0.137. The lowest BCUT2D eigenvalue weighted by Gasteiger charge is -2.19. The van der Waals surface area contributed by atoms with Crippen molar-refractivity contribution in [3.05, 3.63) is 48.2 Å². The maximum absolute atomic E-state index is 12.6. The Morgan fingerprint density at radius 1 is 1.10 bits per heavy atom. The van der Waals surface area contributed by atoms with Gasteiger partial charge in [0, 0.05) is 18.9 Å². The largest absolute Gasteiger partial charge is 0.416 e. The molecule has 2 heterocycles. The summed E-state index contributed by atoms with van der Waals surface area (Å²) in [4.78, 5) is 8.19. The summed E-state index contributed by atoms with van der Waals surface area (Å²) in [5.41, 5.74) is 1.02. The third-order valence-electron chi connectivity index (χ3n) is 3.29. The molecule has 0 unspecified atom stereocenters. The van der Waals surface area contributed by atoms with E-state index in [0.717, 1.165) is 23.6 Å². The van der Waals surface area contributed by atoms with Gasteiger partial charge in [-0.25, -0.2) is 4.98 Å². The van der Waals surface area contributed by atoms with Crippen LogP contribution in [-0.4, -0.2) is 18.7 Å². The summed E-state index contributed by atoms with van der Waals surface area (Å²) in [6, 6.07) is 8.91. The Morgan fingerprint density at radius 2 is 1.80 bits per heavy atom. The van der Waals surface area contributed by atoms with Gasteiger partial charge >= 0.3 is 6.18 Å². The van der Waals surface area contributed by atoms with Gasteiger partial charge in [-0.15, -0.1) is 0 Å². The fraction of sp³-hybridized carbons (Fsp3) is 0.214. The van der Waals surface area contributed by atoms with Crippen LogP contribution >= 0.6 is 0 Å². The summed E-state index contributed by atoms with van der Waals surface area (Å²) < 4.78 is 37.7. The second-order valence-corrected chi connectivity index (χ2v) is 4.66. The highest BCUT2D eigenvalue weighted by atomic mass is 19.4. The molecular formula is C14H12F3N3. The number of halogens is 3. The zero-order valence-electron chi connectivity index (χ0n) is 10.7. The molecule has 1 aliphatic rings. The average molecular weight is 279 g/mol. The highest BCUT2D eigenvalue weighted by Crippen LogP contribution is 2.38. The van der Waals surface area contributed by atoms with Gasteiger partial charge in [0.15, 0.2) is 5.82 Å². The molecule has 0 atom stereocenters. The van der Waals surface area contributed by atoms with Gasteiger partial charge in [-0.1, -0.05) is 0 Å². The molecule has 0 bridgehead atoms. The molecule has 6 heteroatoms. The molecular weight excluding hydrogens is 267 g/mol. The third kappa shape index (κ3) is 2.07. The highest BCUT2D eigenvalue weighted by molar-refractivity contribution is 5.78.